The Morgan fingerprint density at radius 2 is 1.50 bits per heavy atom. The molecule has 0 spiro atoms. The van der Waals surface area contributed by atoms with E-state index in [0.29, 0.717) is 17.5 Å². The van der Waals surface area contributed by atoms with Crippen molar-refractivity contribution in [3.63, 3.8) is 0 Å². The van der Waals surface area contributed by atoms with Gasteiger partial charge in [-0.15, -0.1) is 0 Å². The minimum Gasteiger partial charge on any atom is -0.480 e. The Morgan fingerprint density at radius 1 is 0.906 bits per heavy atom. The van der Waals surface area contributed by atoms with Gasteiger partial charge in [-0.1, -0.05) is 84.6 Å². The molecule has 0 unspecified atom stereocenters. The second-order valence-electron chi connectivity index (χ2n) is 7.26. The van der Waals surface area contributed by atoms with Gasteiger partial charge in [0, 0.05) is 12.3 Å². The van der Waals surface area contributed by atoms with Crippen LogP contribution in [0.15, 0.2) is 90.1 Å². The number of amides is 1. The fourth-order valence-corrected chi connectivity index (χ4v) is 4.52. The number of carboxylic acids is 1. The van der Waals surface area contributed by atoms with Crippen molar-refractivity contribution in [3.05, 3.63) is 96.1 Å². The highest BCUT2D eigenvalue weighted by Gasteiger charge is 2.22. The summed E-state index contributed by atoms with van der Waals surface area (Å²) in [5, 5.41) is 12.9. The van der Waals surface area contributed by atoms with Gasteiger partial charge in [0.1, 0.15) is 6.54 Å². The molecule has 1 aromatic heterocycles. The van der Waals surface area contributed by atoms with E-state index in [4.69, 9.17) is 0 Å². The van der Waals surface area contributed by atoms with Crippen molar-refractivity contribution < 1.29 is 14.7 Å². The first-order chi connectivity index (χ1) is 15.6. The summed E-state index contributed by atoms with van der Waals surface area (Å²) in [6.45, 7) is 0.287. The monoisotopic (exact) mass is 445 g/mol. The van der Waals surface area contributed by atoms with Crippen LogP contribution in [0.3, 0.4) is 0 Å². The number of carboxylic acid groups (broad SMARTS) is 1. The number of imidazole rings is 1. The van der Waals surface area contributed by atoms with Gasteiger partial charge in [-0.2, -0.15) is 0 Å². The SMILES string of the molecule is O=C(O)Cn1c(SCCNC(=O)C(c2ccccc2)c2ccccc2)nc2ccccc21. The van der Waals surface area contributed by atoms with E-state index in [1.807, 2.05) is 84.9 Å². The Bertz CT molecular complexity index is 1170. The summed E-state index contributed by atoms with van der Waals surface area (Å²) in [5.74, 6) is -0.803. The highest BCUT2D eigenvalue weighted by atomic mass is 32.2. The molecule has 32 heavy (non-hydrogen) atoms. The third-order valence-corrected chi connectivity index (χ3v) is 6.05. The maximum atomic E-state index is 13.1. The number of nitrogens with one attached hydrogen (secondary N) is 1. The fourth-order valence-electron chi connectivity index (χ4n) is 3.66. The van der Waals surface area contributed by atoms with E-state index < -0.39 is 5.97 Å². The van der Waals surface area contributed by atoms with Gasteiger partial charge in [-0.25, -0.2) is 4.98 Å². The van der Waals surface area contributed by atoms with Gasteiger partial charge in [-0.3, -0.25) is 9.59 Å². The highest BCUT2D eigenvalue weighted by molar-refractivity contribution is 7.99. The molecular weight excluding hydrogens is 422 g/mol. The number of rotatable bonds is 9. The number of thioether (sulfide) groups is 1. The van der Waals surface area contributed by atoms with Crippen LogP contribution in [0.1, 0.15) is 17.0 Å². The van der Waals surface area contributed by atoms with Crippen molar-refractivity contribution >= 4 is 34.7 Å². The second-order valence-corrected chi connectivity index (χ2v) is 8.32. The summed E-state index contributed by atoms with van der Waals surface area (Å²) in [6, 6.07) is 26.9. The van der Waals surface area contributed by atoms with E-state index in [1.54, 1.807) is 4.57 Å². The first-order valence-corrected chi connectivity index (χ1v) is 11.3. The van der Waals surface area contributed by atoms with Gasteiger partial charge in [0.2, 0.25) is 5.91 Å². The van der Waals surface area contributed by atoms with Crippen molar-refractivity contribution in [2.45, 2.75) is 17.6 Å². The van der Waals surface area contributed by atoms with Crippen LogP contribution in [-0.2, 0) is 16.1 Å². The minimum atomic E-state index is -0.920. The predicted octanol–water partition coefficient (Wildman–Crippen LogP) is 4.16. The van der Waals surface area contributed by atoms with Gasteiger partial charge >= 0.3 is 5.97 Å². The maximum absolute atomic E-state index is 13.1. The van der Waals surface area contributed by atoms with Crippen LogP contribution in [0, 0.1) is 0 Å². The molecule has 4 rings (SSSR count). The zero-order chi connectivity index (χ0) is 22.3. The molecule has 6 nitrogen and oxygen atoms in total. The molecule has 162 valence electrons. The van der Waals surface area contributed by atoms with Crippen LogP contribution in [0.2, 0.25) is 0 Å². The molecule has 4 aromatic rings. The Morgan fingerprint density at radius 3 is 2.12 bits per heavy atom. The number of aliphatic carboxylic acids is 1. The molecule has 0 aliphatic heterocycles. The summed E-state index contributed by atoms with van der Waals surface area (Å²) in [5.41, 5.74) is 3.42. The smallest absolute Gasteiger partial charge is 0.323 e. The van der Waals surface area contributed by atoms with E-state index in [9.17, 15) is 14.7 Å². The van der Waals surface area contributed by atoms with Gasteiger partial charge in [0.15, 0.2) is 5.16 Å². The molecule has 0 aliphatic carbocycles. The van der Waals surface area contributed by atoms with Crippen molar-refractivity contribution in [1.82, 2.24) is 14.9 Å². The largest absolute Gasteiger partial charge is 0.480 e. The number of hydrogen-bond donors (Lipinski definition) is 2. The van der Waals surface area contributed by atoms with Crippen LogP contribution in [-0.4, -0.2) is 38.8 Å². The van der Waals surface area contributed by atoms with Crippen LogP contribution < -0.4 is 5.32 Å². The second kappa shape index (κ2) is 10.2. The number of benzene rings is 3. The van der Waals surface area contributed by atoms with Crippen LogP contribution in [0.4, 0.5) is 0 Å². The number of para-hydroxylation sites is 2. The third kappa shape index (κ3) is 5.00. The number of carbonyl (C=O) groups excluding carboxylic acids is 1. The Hall–Kier alpha value is -3.58. The molecule has 7 heteroatoms. The summed E-state index contributed by atoms with van der Waals surface area (Å²) < 4.78 is 1.70. The molecule has 2 N–H and O–H groups in total. The molecular formula is C25H23N3O3S. The molecule has 0 saturated carbocycles. The first kappa shape index (κ1) is 21.6. The Labute approximate surface area is 190 Å². The zero-order valence-electron chi connectivity index (χ0n) is 17.3. The van der Waals surface area contributed by atoms with Crippen LogP contribution in [0.25, 0.3) is 11.0 Å². The van der Waals surface area contributed by atoms with Crippen molar-refractivity contribution in [3.8, 4) is 0 Å². The molecule has 0 aliphatic rings. The summed E-state index contributed by atoms with van der Waals surface area (Å²) in [7, 11) is 0. The molecule has 0 fully saturated rings. The highest BCUT2D eigenvalue weighted by Crippen LogP contribution is 2.26. The molecule has 1 heterocycles. The first-order valence-electron chi connectivity index (χ1n) is 10.3. The zero-order valence-corrected chi connectivity index (χ0v) is 18.2. The quantitative estimate of drug-likeness (QED) is 0.299. The van der Waals surface area contributed by atoms with E-state index in [0.717, 1.165) is 22.2 Å². The number of hydrogen-bond acceptors (Lipinski definition) is 4. The van der Waals surface area contributed by atoms with Gasteiger partial charge in [0.05, 0.1) is 17.0 Å². The Kier molecular flexibility index (Phi) is 6.87. The topological polar surface area (TPSA) is 84.2 Å². The molecule has 0 bridgehead atoms. The minimum absolute atomic E-state index is 0.0676. The van der Waals surface area contributed by atoms with Gasteiger partial charge < -0.3 is 15.0 Å². The summed E-state index contributed by atoms with van der Waals surface area (Å²) >= 11 is 1.43. The third-order valence-electron chi connectivity index (χ3n) is 5.07. The number of carbonyl (C=O) groups is 2. The summed E-state index contributed by atoms with van der Waals surface area (Å²) in [4.78, 5) is 29.0. The standard InChI is InChI=1S/C25H23N3O3S/c29-22(30)17-28-21-14-8-7-13-20(21)27-25(28)32-16-15-26-24(31)23(18-9-3-1-4-10-18)19-11-5-2-6-12-19/h1-14,23H,15-17H2,(H,26,31)(H,29,30). The number of nitrogens with zero attached hydrogens (tertiary/aromatic N) is 2. The molecule has 0 atom stereocenters. The average molecular weight is 446 g/mol. The van der Waals surface area contributed by atoms with Gasteiger partial charge in [-0.05, 0) is 23.3 Å². The normalized spacial score (nSPS) is 11.0. The Balaban J connectivity index is 1.44. The maximum Gasteiger partial charge on any atom is 0.323 e. The molecule has 0 radical (unpaired) electrons. The predicted molar refractivity (Wildman–Crippen MR) is 126 cm³/mol. The molecule has 3 aromatic carbocycles. The lowest BCUT2D eigenvalue weighted by Crippen LogP contribution is -2.31. The summed E-state index contributed by atoms with van der Waals surface area (Å²) in [6.07, 6.45) is 0. The van der Waals surface area contributed by atoms with E-state index >= 15 is 0 Å². The van der Waals surface area contributed by atoms with E-state index in [-0.39, 0.29) is 18.4 Å². The lowest BCUT2D eigenvalue weighted by Gasteiger charge is -2.18. The lowest BCUT2D eigenvalue weighted by atomic mass is 9.90. The van der Waals surface area contributed by atoms with Crippen LogP contribution >= 0.6 is 11.8 Å². The average Bonchev–Trinajstić information content (AvgIpc) is 3.15. The van der Waals surface area contributed by atoms with Crippen LogP contribution in [0.5, 0.6) is 0 Å². The van der Waals surface area contributed by atoms with Gasteiger partial charge in [0.25, 0.3) is 0 Å². The van der Waals surface area contributed by atoms with E-state index in [1.165, 1.54) is 11.8 Å². The number of fused-ring (bicyclic) bond motifs is 1. The van der Waals surface area contributed by atoms with E-state index in [2.05, 4.69) is 10.3 Å². The molecule has 0 saturated heterocycles. The van der Waals surface area contributed by atoms with Crippen molar-refractivity contribution in [2.75, 3.05) is 12.3 Å². The lowest BCUT2D eigenvalue weighted by molar-refractivity contribution is -0.137. The molecule has 1 amide bonds. The fraction of sp³-hybridized carbons (Fsp3) is 0.160. The van der Waals surface area contributed by atoms with Crippen molar-refractivity contribution in [2.24, 2.45) is 0 Å². The number of aromatic nitrogens is 2. The van der Waals surface area contributed by atoms with Crippen molar-refractivity contribution in [1.29, 1.82) is 0 Å².